The largest absolute Gasteiger partial charge is 0.480 e. The number of aryl methyl sites for hydroxylation is 1. The Bertz CT molecular complexity index is 1600. The fourth-order valence-electron chi connectivity index (χ4n) is 4.12. The van der Waals surface area contributed by atoms with Gasteiger partial charge in [-0.15, -0.1) is 0 Å². The van der Waals surface area contributed by atoms with Crippen molar-refractivity contribution < 1.29 is 37.4 Å². The molecule has 3 N–H and O–H groups in total. The second-order valence-corrected chi connectivity index (χ2v) is 9.17. The number of benzene rings is 3. The Hall–Kier alpha value is -4.90. The van der Waals surface area contributed by atoms with E-state index in [1.54, 1.807) is 66.3 Å². The minimum absolute atomic E-state index is 0.0320. The van der Waals surface area contributed by atoms with Gasteiger partial charge in [-0.2, -0.15) is 13.2 Å². The van der Waals surface area contributed by atoms with Crippen molar-refractivity contribution in [1.29, 1.82) is 0 Å². The average molecular weight is 566 g/mol. The number of para-hydroxylation sites is 1. The third kappa shape index (κ3) is 7.40. The minimum atomic E-state index is -4.64. The number of aromatic nitrogens is 1. The van der Waals surface area contributed by atoms with Gasteiger partial charge in [-0.25, -0.2) is 4.79 Å². The number of fused-ring (bicyclic) bond motifs is 1. The van der Waals surface area contributed by atoms with Crippen LogP contribution >= 0.6 is 0 Å². The number of rotatable bonds is 10. The first-order valence-electron chi connectivity index (χ1n) is 12.4. The molecule has 0 fully saturated rings. The molecule has 1 heterocycles. The number of nitrogens with zero attached hydrogens (tertiary/aromatic N) is 1. The summed E-state index contributed by atoms with van der Waals surface area (Å²) < 4.78 is 47.1. The summed E-state index contributed by atoms with van der Waals surface area (Å²) in [7, 11) is 1.73. The number of carboxylic acids is 1. The molecule has 4 aromatic rings. The van der Waals surface area contributed by atoms with Crippen LogP contribution < -0.4 is 10.6 Å². The van der Waals surface area contributed by atoms with Crippen LogP contribution in [0.5, 0.6) is 0 Å². The van der Waals surface area contributed by atoms with Crippen LogP contribution in [0.3, 0.4) is 0 Å². The fraction of sp³-hybridized carbons (Fsp3) is 0.167. The number of carbonyl (C=O) groups is 3. The summed E-state index contributed by atoms with van der Waals surface area (Å²) in [5.74, 6) is -3.13. The van der Waals surface area contributed by atoms with Gasteiger partial charge in [0.25, 0.3) is 11.8 Å². The van der Waals surface area contributed by atoms with Crippen LogP contribution in [0.4, 0.5) is 13.2 Å². The molecule has 0 aliphatic heterocycles. The van der Waals surface area contributed by atoms with E-state index in [0.717, 1.165) is 35.4 Å². The highest BCUT2D eigenvalue weighted by Crippen LogP contribution is 2.30. The number of amides is 2. The zero-order chi connectivity index (χ0) is 29.6. The normalized spacial score (nSPS) is 12.6. The highest BCUT2D eigenvalue weighted by Gasteiger charge is 2.30. The lowest BCUT2D eigenvalue weighted by atomic mass is 10.1. The zero-order valence-corrected chi connectivity index (χ0v) is 21.8. The molecule has 0 unspecified atom stereocenters. The topological polar surface area (TPSA) is 110 Å². The number of hydrogen-bond acceptors (Lipinski definition) is 4. The Balaban J connectivity index is 1.61. The van der Waals surface area contributed by atoms with E-state index in [1.807, 2.05) is 6.07 Å². The Labute approximate surface area is 233 Å². The highest BCUT2D eigenvalue weighted by atomic mass is 19.4. The summed E-state index contributed by atoms with van der Waals surface area (Å²) in [5.41, 5.74) is 0.311. The number of carboxylic acid groups (broad SMARTS) is 1. The maximum atomic E-state index is 13.3. The van der Waals surface area contributed by atoms with Crippen molar-refractivity contribution in [3.05, 3.63) is 113 Å². The summed E-state index contributed by atoms with van der Waals surface area (Å²) in [6.45, 7) is -0.310. The Morgan fingerprint density at radius 1 is 1.00 bits per heavy atom. The molecule has 0 spiro atoms. The van der Waals surface area contributed by atoms with Crippen LogP contribution in [-0.4, -0.2) is 40.1 Å². The second kappa shape index (κ2) is 12.5. The van der Waals surface area contributed by atoms with E-state index in [9.17, 15) is 32.7 Å². The molecule has 3 aromatic carbocycles. The summed E-state index contributed by atoms with van der Waals surface area (Å²) in [5, 5.41) is 15.0. The third-order valence-corrected chi connectivity index (χ3v) is 6.16. The SMILES string of the molecule is Cn1cc(C(=O)N/C(=C/c2cccc(C(F)(F)F)c2)C(=O)N[C@H](COCc2ccccc2)C(=O)O)c2ccccc21. The van der Waals surface area contributed by atoms with Crippen molar-refractivity contribution >= 4 is 34.8 Å². The smallest absolute Gasteiger partial charge is 0.416 e. The van der Waals surface area contributed by atoms with Crippen LogP contribution in [0.1, 0.15) is 27.0 Å². The van der Waals surface area contributed by atoms with E-state index in [1.165, 1.54) is 6.07 Å². The van der Waals surface area contributed by atoms with E-state index in [0.29, 0.717) is 5.39 Å². The van der Waals surface area contributed by atoms with Crippen molar-refractivity contribution in [1.82, 2.24) is 15.2 Å². The van der Waals surface area contributed by atoms with Crippen LogP contribution in [0.15, 0.2) is 90.8 Å². The number of ether oxygens (including phenoxy) is 1. The van der Waals surface area contributed by atoms with E-state index < -0.39 is 47.9 Å². The molecule has 1 aromatic heterocycles. The van der Waals surface area contributed by atoms with Crippen LogP contribution in [0.25, 0.3) is 17.0 Å². The van der Waals surface area contributed by atoms with Crippen LogP contribution in [0.2, 0.25) is 0 Å². The summed E-state index contributed by atoms with van der Waals surface area (Å²) in [4.78, 5) is 38.4. The first-order chi connectivity index (χ1) is 19.5. The molecule has 11 heteroatoms. The zero-order valence-electron chi connectivity index (χ0n) is 21.8. The van der Waals surface area contributed by atoms with Gasteiger partial charge in [-0.1, -0.05) is 60.7 Å². The van der Waals surface area contributed by atoms with E-state index in [-0.39, 0.29) is 17.7 Å². The Morgan fingerprint density at radius 2 is 1.71 bits per heavy atom. The molecular formula is C30H26F3N3O5. The standard InChI is InChI=1S/C30H26F3N3O5/c1-36-16-23(22-12-5-6-13-26(22)36)27(37)34-24(15-20-10-7-11-21(14-20)30(31,32)33)28(38)35-25(29(39)40)18-41-17-19-8-3-2-4-9-19/h2-16,25H,17-18H2,1H3,(H,34,37)(H,35,38)(H,39,40)/b24-15+/t25-/m1/s1. The lowest BCUT2D eigenvalue weighted by Gasteiger charge is -2.17. The molecule has 0 aliphatic rings. The van der Waals surface area contributed by atoms with Crippen molar-refractivity contribution in [2.45, 2.75) is 18.8 Å². The predicted octanol–water partition coefficient (Wildman–Crippen LogP) is 4.75. The number of carbonyl (C=O) groups excluding carboxylic acids is 2. The van der Waals surface area contributed by atoms with Gasteiger partial charge in [0.05, 0.1) is 24.3 Å². The molecule has 0 saturated carbocycles. The lowest BCUT2D eigenvalue weighted by Crippen LogP contribution is -2.46. The molecular weight excluding hydrogens is 539 g/mol. The molecule has 4 rings (SSSR count). The van der Waals surface area contributed by atoms with Crippen LogP contribution in [0, 0.1) is 0 Å². The van der Waals surface area contributed by atoms with Gasteiger partial charge in [0.15, 0.2) is 6.04 Å². The molecule has 0 aliphatic carbocycles. The number of aliphatic carboxylic acids is 1. The van der Waals surface area contributed by atoms with E-state index in [4.69, 9.17) is 4.74 Å². The monoisotopic (exact) mass is 565 g/mol. The van der Waals surface area contributed by atoms with Crippen molar-refractivity contribution in [3.8, 4) is 0 Å². The van der Waals surface area contributed by atoms with Gasteiger partial charge in [0, 0.05) is 24.1 Å². The van der Waals surface area contributed by atoms with E-state index in [2.05, 4.69) is 10.6 Å². The molecule has 0 bridgehead atoms. The molecule has 0 radical (unpaired) electrons. The predicted molar refractivity (Wildman–Crippen MR) is 145 cm³/mol. The lowest BCUT2D eigenvalue weighted by molar-refractivity contribution is -0.143. The van der Waals surface area contributed by atoms with Crippen LogP contribution in [-0.2, 0) is 34.2 Å². The fourth-order valence-corrected chi connectivity index (χ4v) is 4.12. The minimum Gasteiger partial charge on any atom is -0.480 e. The number of hydrogen-bond donors (Lipinski definition) is 3. The maximum absolute atomic E-state index is 13.3. The van der Waals surface area contributed by atoms with Gasteiger partial charge in [-0.3, -0.25) is 9.59 Å². The van der Waals surface area contributed by atoms with Gasteiger partial charge in [0.1, 0.15) is 5.70 Å². The first-order valence-corrected chi connectivity index (χ1v) is 12.4. The Kier molecular flexibility index (Phi) is 8.88. The number of halogens is 3. The Morgan fingerprint density at radius 3 is 2.41 bits per heavy atom. The van der Waals surface area contributed by atoms with Crippen molar-refractivity contribution in [3.63, 3.8) is 0 Å². The van der Waals surface area contributed by atoms with E-state index >= 15 is 0 Å². The summed E-state index contributed by atoms with van der Waals surface area (Å²) >= 11 is 0. The third-order valence-electron chi connectivity index (χ3n) is 6.16. The number of nitrogens with one attached hydrogen (secondary N) is 2. The molecule has 1 atom stereocenters. The summed E-state index contributed by atoms with van der Waals surface area (Å²) in [6, 6.07) is 18.7. The van der Waals surface area contributed by atoms with Gasteiger partial charge in [-0.05, 0) is 35.4 Å². The van der Waals surface area contributed by atoms with Gasteiger partial charge in [0.2, 0.25) is 0 Å². The highest BCUT2D eigenvalue weighted by molar-refractivity contribution is 6.11. The van der Waals surface area contributed by atoms with Crippen molar-refractivity contribution in [2.75, 3.05) is 6.61 Å². The average Bonchev–Trinajstić information content (AvgIpc) is 3.29. The second-order valence-electron chi connectivity index (χ2n) is 9.17. The number of alkyl halides is 3. The molecule has 2 amide bonds. The molecule has 41 heavy (non-hydrogen) atoms. The molecule has 212 valence electrons. The molecule has 0 saturated heterocycles. The first kappa shape index (κ1) is 29.1. The van der Waals surface area contributed by atoms with Gasteiger partial charge < -0.3 is 25.0 Å². The quantitative estimate of drug-likeness (QED) is 0.241. The molecule has 8 nitrogen and oxygen atoms in total. The van der Waals surface area contributed by atoms with Gasteiger partial charge >= 0.3 is 12.1 Å². The van der Waals surface area contributed by atoms with Crippen molar-refractivity contribution in [2.24, 2.45) is 7.05 Å². The summed E-state index contributed by atoms with van der Waals surface area (Å²) in [6.07, 6.45) is -2.03. The maximum Gasteiger partial charge on any atom is 0.416 e.